The summed E-state index contributed by atoms with van der Waals surface area (Å²) >= 11 is 0. The van der Waals surface area contributed by atoms with Crippen LogP contribution in [0.15, 0.2) is 12.2 Å². The van der Waals surface area contributed by atoms with Gasteiger partial charge in [-0.1, -0.05) is 19.9 Å². The maximum absolute atomic E-state index is 12.8. The van der Waals surface area contributed by atoms with Gasteiger partial charge in [0.2, 0.25) is 0 Å². The van der Waals surface area contributed by atoms with Crippen molar-refractivity contribution in [1.29, 1.82) is 0 Å². The third-order valence-corrected chi connectivity index (χ3v) is 8.35. The average Bonchev–Trinajstić information content (AvgIpc) is 2.85. The summed E-state index contributed by atoms with van der Waals surface area (Å²) in [5.74, 6) is 2.51. The quantitative estimate of drug-likeness (QED) is 0.673. The van der Waals surface area contributed by atoms with E-state index in [1.807, 2.05) is 6.08 Å². The molecule has 0 aromatic carbocycles. The van der Waals surface area contributed by atoms with E-state index in [0.717, 1.165) is 32.1 Å². The second-order valence-corrected chi connectivity index (χ2v) is 9.16. The van der Waals surface area contributed by atoms with Gasteiger partial charge in [0.15, 0.2) is 5.78 Å². The van der Waals surface area contributed by atoms with Crippen molar-refractivity contribution in [3.8, 4) is 0 Å². The smallest absolute Gasteiger partial charge is 0.302 e. The highest BCUT2D eigenvalue weighted by molar-refractivity contribution is 5.96. The number of carbonyl (C=O) groups excluding carboxylic acids is 2. The Labute approximate surface area is 145 Å². The predicted molar refractivity (Wildman–Crippen MR) is 92.2 cm³/mol. The second kappa shape index (κ2) is 5.44. The minimum absolute atomic E-state index is 0.0773. The Balaban J connectivity index is 1.64. The number of hydrogen-bond acceptors (Lipinski definition) is 3. The maximum Gasteiger partial charge on any atom is 0.302 e. The lowest BCUT2D eigenvalue weighted by Crippen LogP contribution is -2.56. The Hall–Kier alpha value is -1.12. The number of hydrogen-bond donors (Lipinski definition) is 0. The molecule has 4 rings (SSSR count). The molecule has 3 saturated carbocycles. The van der Waals surface area contributed by atoms with Crippen molar-refractivity contribution >= 4 is 11.8 Å². The van der Waals surface area contributed by atoms with Crippen LogP contribution in [0.4, 0.5) is 0 Å². The summed E-state index contributed by atoms with van der Waals surface area (Å²) in [6.07, 6.45) is 11.9. The fraction of sp³-hybridized carbons (Fsp3) is 0.810. The molecule has 0 amide bonds. The van der Waals surface area contributed by atoms with E-state index in [1.165, 1.54) is 19.8 Å². The van der Waals surface area contributed by atoms with Gasteiger partial charge in [0, 0.05) is 17.8 Å². The van der Waals surface area contributed by atoms with Gasteiger partial charge in [-0.3, -0.25) is 9.59 Å². The molecule has 0 saturated heterocycles. The fourth-order valence-corrected chi connectivity index (χ4v) is 7.04. The first-order valence-corrected chi connectivity index (χ1v) is 9.75. The number of ether oxygens (including phenoxy) is 1. The molecule has 0 aliphatic heterocycles. The van der Waals surface area contributed by atoms with Gasteiger partial charge in [0.05, 0.1) is 0 Å². The molecular formula is C21H30O3. The third-order valence-electron chi connectivity index (χ3n) is 8.35. The van der Waals surface area contributed by atoms with Crippen molar-refractivity contribution in [2.75, 3.05) is 0 Å². The van der Waals surface area contributed by atoms with Crippen molar-refractivity contribution < 1.29 is 14.3 Å². The molecule has 4 aliphatic rings. The lowest BCUT2D eigenvalue weighted by molar-refractivity contribution is -0.162. The summed E-state index contributed by atoms with van der Waals surface area (Å²) in [6, 6.07) is 0. The standard InChI is InChI=1S/C21H30O3/c1-13(22)24-19-10-9-16-15-8-7-14-5-4-6-18(23)21(14,3)17(15)11-12-20(16,19)2/h4,6,14-17,19H,5,7-12H2,1-3H3/t14?,15-,16-,17-,19?,20-,21-/m0/s1. The average molecular weight is 330 g/mol. The molecule has 0 aromatic rings. The zero-order valence-electron chi connectivity index (χ0n) is 15.2. The van der Waals surface area contributed by atoms with Crippen LogP contribution in [0.1, 0.15) is 65.7 Å². The van der Waals surface area contributed by atoms with Crippen LogP contribution in [0.2, 0.25) is 0 Å². The van der Waals surface area contributed by atoms with Gasteiger partial charge in [-0.05, 0) is 74.7 Å². The Morgan fingerprint density at radius 3 is 2.67 bits per heavy atom. The highest BCUT2D eigenvalue weighted by Crippen LogP contribution is 2.65. The van der Waals surface area contributed by atoms with E-state index >= 15 is 0 Å². The van der Waals surface area contributed by atoms with Crippen LogP contribution in [-0.2, 0) is 14.3 Å². The third kappa shape index (κ3) is 2.09. The van der Waals surface area contributed by atoms with Gasteiger partial charge in [-0.15, -0.1) is 0 Å². The lowest BCUT2D eigenvalue weighted by atomic mass is 9.45. The largest absolute Gasteiger partial charge is 0.462 e. The summed E-state index contributed by atoms with van der Waals surface area (Å²) in [7, 11) is 0. The van der Waals surface area contributed by atoms with Crippen molar-refractivity contribution in [3.05, 3.63) is 12.2 Å². The fourth-order valence-electron chi connectivity index (χ4n) is 7.04. The van der Waals surface area contributed by atoms with E-state index in [2.05, 4.69) is 19.9 Å². The van der Waals surface area contributed by atoms with Crippen molar-refractivity contribution in [3.63, 3.8) is 0 Å². The van der Waals surface area contributed by atoms with Gasteiger partial charge in [-0.2, -0.15) is 0 Å². The normalized spacial score (nSPS) is 50.0. The molecule has 7 atom stereocenters. The summed E-state index contributed by atoms with van der Waals surface area (Å²) in [4.78, 5) is 24.3. The number of ketones is 1. The molecule has 0 spiro atoms. The minimum Gasteiger partial charge on any atom is -0.462 e. The minimum atomic E-state index is -0.154. The van der Waals surface area contributed by atoms with Crippen LogP contribution in [-0.4, -0.2) is 17.9 Å². The van der Waals surface area contributed by atoms with Crippen LogP contribution in [0.25, 0.3) is 0 Å². The molecule has 3 nitrogen and oxygen atoms in total. The maximum atomic E-state index is 12.8. The first kappa shape index (κ1) is 16.4. The van der Waals surface area contributed by atoms with E-state index in [4.69, 9.17) is 4.74 Å². The Morgan fingerprint density at radius 2 is 1.92 bits per heavy atom. The Bertz CT molecular complexity index is 594. The van der Waals surface area contributed by atoms with Gasteiger partial charge in [0.1, 0.15) is 6.10 Å². The predicted octanol–water partition coefficient (Wildman–Crippen LogP) is 4.31. The van der Waals surface area contributed by atoms with E-state index in [0.29, 0.717) is 29.5 Å². The van der Waals surface area contributed by atoms with E-state index in [1.54, 1.807) is 0 Å². The van der Waals surface area contributed by atoms with Crippen molar-refractivity contribution in [2.24, 2.45) is 34.5 Å². The Kier molecular flexibility index (Phi) is 3.71. The molecule has 132 valence electrons. The van der Waals surface area contributed by atoms with Crippen LogP contribution < -0.4 is 0 Å². The monoisotopic (exact) mass is 330 g/mol. The zero-order valence-corrected chi connectivity index (χ0v) is 15.2. The molecule has 2 unspecified atom stereocenters. The second-order valence-electron chi connectivity index (χ2n) is 9.16. The highest BCUT2D eigenvalue weighted by Gasteiger charge is 2.62. The van der Waals surface area contributed by atoms with E-state index in [9.17, 15) is 9.59 Å². The molecule has 3 heteroatoms. The molecule has 0 aromatic heterocycles. The topological polar surface area (TPSA) is 43.4 Å². The summed E-state index contributed by atoms with van der Waals surface area (Å²) in [6.45, 7) is 6.12. The lowest BCUT2D eigenvalue weighted by Gasteiger charge is -2.58. The van der Waals surface area contributed by atoms with Crippen LogP contribution in [0.5, 0.6) is 0 Å². The molecule has 4 aliphatic carbocycles. The molecular weight excluding hydrogens is 300 g/mol. The summed E-state index contributed by atoms with van der Waals surface area (Å²) in [5, 5.41) is 0. The van der Waals surface area contributed by atoms with Crippen LogP contribution >= 0.6 is 0 Å². The van der Waals surface area contributed by atoms with Gasteiger partial charge in [0.25, 0.3) is 0 Å². The number of carbonyl (C=O) groups is 2. The SMILES string of the molecule is CC(=O)OC1CC[C@H]2[C@@H]3CCC4CC=CC(=O)[C@]4(C)[C@H]3CC[C@]12C. The first-order chi connectivity index (χ1) is 11.4. The van der Waals surface area contributed by atoms with Crippen molar-refractivity contribution in [1.82, 2.24) is 0 Å². The number of rotatable bonds is 1. The van der Waals surface area contributed by atoms with Crippen molar-refractivity contribution in [2.45, 2.75) is 71.8 Å². The zero-order chi connectivity index (χ0) is 17.1. The molecule has 0 N–H and O–H groups in total. The molecule has 24 heavy (non-hydrogen) atoms. The Morgan fingerprint density at radius 1 is 1.12 bits per heavy atom. The summed E-state index contributed by atoms with van der Waals surface area (Å²) < 4.78 is 5.70. The van der Waals surface area contributed by atoms with E-state index in [-0.39, 0.29) is 22.9 Å². The molecule has 3 fully saturated rings. The molecule has 0 heterocycles. The number of esters is 1. The first-order valence-electron chi connectivity index (χ1n) is 9.75. The van der Waals surface area contributed by atoms with Crippen LogP contribution in [0.3, 0.4) is 0 Å². The summed E-state index contributed by atoms with van der Waals surface area (Å²) in [5.41, 5.74) is -0.0396. The van der Waals surface area contributed by atoms with Gasteiger partial charge < -0.3 is 4.74 Å². The van der Waals surface area contributed by atoms with E-state index < -0.39 is 0 Å². The molecule has 0 radical (unpaired) electrons. The highest BCUT2D eigenvalue weighted by atomic mass is 16.5. The number of fused-ring (bicyclic) bond motifs is 5. The van der Waals surface area contributed by atoms with Gasteiger partial charge >= 0.3 is 5.97 Å². The van der Waals surface area contributed by atoms with Crippen LogP contribution in [0, 0.1) is 34.5 Å². The number of allylic oxidation sites excluding steroid dienone is 2. The molecule has 0 bridgehead atoms. The van der Waals surface area contributed by atoms with Gasteiger partial charge in [-0.25, -0.2) is 0 Å².